The van der Waals surface area contributed by atoms with E-state index in [1.54, 1.807) is 17.6 Å². The van der Waals surface area contributed by atoms with Crippen molar-refractivity contribution in [2.45, 2.75) is 20.8 Å². The first-order valence-corrected chi connectivity index (χ1v) is 7.07. The minimum atomic E-state index is 0.646. The summed E-state index contributed by atoms with van der Waals surface area (Å²) in [5, 5.41) is 4.38. The molecule has 3 heterocycles. The molecule has 0 saturated heterocycles. The van der Waals surface area contributed by atoms with Gasteiger partial charge in [-0.3, -0.25) is 0 Å². The van der Waals surface area contributed by atoms with Crippen LogP contribution in [0.4, 0.5) is 5.82 Å². The van der Waals surface area contributed by atoms with Crippen LogP contribution in [0.2, 0.25) is 0 Å². The number of aryl methyl sites for hydroxylation is 2. The molecule has 4 nitrogen and oxygen atoms in total. The van der Waals surface area contributed by atoms with Crippen LogP contribution in [0.15, 0.2) is 22.8 Å². The normalized spacial score (nSPS) is 11.1. The van der Waals surface area contributed by atoms with Gasteiger partial charge in [0.1, 0.15) is 10.6 Å². The fourth-order valence-corrected chi connectivity index (χ4v) is 2.93. The average Bonchev–Trinajstić information content (AvgIpc) is 2.94. The van der Waals surface area contributed by atoms with Gasteiger partial charge in [-0.25, -0.2) is 9.97 Å². The molecule has 0 fully saturated rings. The number of hydrogen-bond acceptors (Lipinski definition) is 5. The first-order chi connectivity index (χ1) is 9.19. The molecule has 0 aliphatic carbocycles. The first-order valence-electron chi connectivity index (χ1n) is 6.25. The van der Waals surface area contributed by atoms with Crippen LogP contribution in [0, 0.1) is 13.8 Å². The van der Waals surface area contributed by atoms with Crippen molar-refractivity contribution in [3.05, 3.63) is 28.8 Å². The van der Waals surface area contributed by atoms with Crippen molar-refractivity contribution in [2.75, 3.05) is 11.9 Å². The van der Waals surface area contributed by atoms with Crippen molar-refractivity contribution < 1.29 is 4.42 Å². The molecule has 0 aromatic carbocycles. The van der Waals surface area contributed by atoms with E-state index in [1.807, 2.05) is 13.0 Å². The zero-order valence-corrected chi connectivity index (χ0v) is 12.0. The smallest absolute Gasteiger partial charge is 0.199 e. The number of nitrogens with zero attached hydrogens (tertiary/aromatic N) is 2. The Hall–Kier alpha value is -1.88. The number of furan rings is 1. The fourth-order valence-electron chi connectivity index (χ4n) is 2.05. The van der Waals surface area contributed by atoms with Gasteiger partial charge in [-0.15, -0.1) is 11.3 Å². The summed E-state index contributed by atoms with van der Waals surface area (Å²) < 4.78 is 5.49. The van der Waals surface area contributed by atoms with Gasteiger partial charge in [-0.05, 0) is 38.5 Å². The van der Waals surface area contributed by atoms with Crippen LogP contribution in [0.25, 0.3) is 21.8 Å². The second-order valence-corrected chi connectivity index (χ2v) is 5.67. The molecule has 0 radical (unpaired) electrons. The Morgan fingerprint density at radius 1 is 1.32 bits per heavy atom. The molecular formula is C14H15N3OS. The Bertz CT molecular complexity index is 729. The molecule has 3 rings (SSSR count). The third-order valence-corrected chi connectivity index (χ3v) is 3.87. The largest absolute Gasteiger partial charge is 0.461 e. The zero-order chi connectivity index (χ0) is 13.4. The van der Waals surface area contributed by atoms with Crippen LogP contribution < -0.4 is 5.32 Å². The van der Waals surface area contributed by atoms with E-state index in [4.69, 9.17) is 4.42 Å². The molecular weight excluding hydrogens is 258 g/mol. The van der Waals surface area contributed by atoms with E-state index in [0.29, 0.717) is 5.82 Å². The predicted octanol–water partition coefficient (Wildman–Crippen LogP) is 4.00. The summed E-state index contributed by atoms with van der Waals surface area (Å²) >= 11 is 1.68. The second kappa shape index (κ2) is 4.66. The van der Waals surface area contributed by atoms with E-state index in [1.165, 1.54) is 4.88 Å². The summed E-state index contributed by atoms with van der Waals surface area (Å²) in [5.41, 5.74) is 1.05. The van der Waals surface area contributed by atoms with Crippen LogP contribution in [0.5, 0.6) is 0 Å². The lowest BCUT2D eigenvalue weighted by Crippen LogP contribution is -2.01. The third-order valence-electron chi connectivity index (χ3n) is 2.93. The average molecular weight is 273 g/mol. The minimum absolute atomic E-state index is 0.646. The van der Waals surface area contributed by atoms with Crippen molar-refractivity contribution in [1.82, 2.24) is 9.97 Å². The quantitative estimate of drug-likeness (QED) is 0.783. The number of thiophene rings is 1. The number of rotatable bonds is 3. The highest BCUT2D eigenvalue weighted by Crippen LogP contribution is 2.31. The molecule has 98 valence electrons. The van der Waals surface area contributed by atoms with E-state index in [9.17, 15) is 0 Å². The topological polar surface area (TPSA) is 51.0 Å². The van der Waals surface area contributed by atoms with Crippen molar-refractivity contribution in [2.24, 2.45) is 0 Å². The van der Waals surface area contributed by atoms with Crippen molar-refractivity contribution in [3.63, 3.8) is 0 Å². The van der Waals surface area contributed by atoms with Gasteiger partial charge in [0.05, 0.1) is 11.6 Å². The summed E-state index contributed by atoms with van der Waals surface area (Å²) in [6.45, 7) is 6.97. The fraction of sp³-hybridized carbons (Fsp3) is 0.286. The zero-order valence-electron chi connectivity index (χ0n) is 11.2. The molecule has 5 heteroatoms. The van der Waals surface area contributed by atoms with Gasteiger partial charge in [-0.1, -0.05) is 0 Å². The Morgan fingerprint density at radius 3 is 2.84 bits per heavy atom. The van der Waals surface area contributed by atoms with Gasteiger partial charge in [0.2, 0.25) is 0 Å². The summed E-state index contributed by atoms with van der Waals surface area (Å²) in [6, 6.07) is 4.05. The number of hydrogen-bond donors (Lipinski definition) is 1. The third kappa shape index (κ3) is 2.10. The van der Waals surface area contributed by atoms with Gasteiger partial charge in [-0.2, -0.15) is 0 Å². The maximum atomic E-state index is 5.49. The molecule has 0 aliphatic rings. The molecule has 0 aliphatic heterocycles. The highest BCUT2D eigenvalue weighted by molar-refractivity contribution is 7.18. The molecule has 3 aromatic rings. The van der Waals surface area contributed by atoms with E-state index >= 15 is 0 Å². The molecule has 0 bridgehead atoms. The highest BCUT2D eigenvalue weighted by Gasteiger charge is 2.14. The second-order valence-electron chi connectivity index (χ2n) is 4.43. The Balaban J connectivity index is 2.24. The van der Waals surface area contributed by atoms with Crippen molar-refractivity contribution in [1.29, 1.82) is 0 Å². The number of fused-ring (bicyclic) bond motifs is 1. The van der Waals surface area contributed by atoms with Crippen molar-refractivity contribution >= 4 is 27.4 Å². The molecule has 3 aromatic heterocycles. The lowest BCUT2D eigenvalue weighted by molar-refractivity contribution is 0.576. The number of nitrogens with one attached hydrogen (secondary N) is 1. The Morgan fingerprint density at radius 2 is 2.16 bits per heavy atom. The summed E-state index contributed by atoms with van der Waals surface area (Å²) in [5.74, 6) is 2.27. The van der Waals surface area contributed by atoms with Crippen LogP contribution in [0.1, 0.15) is 17.4 Å². The number of aromatic nitrogens is 2. The maximum absolute atomic E-state index is 5.49. The summed E-state index contributed by atoms with van der Waals surface area (Å²) in [6.07, 6.45) is 1.67. The van der Waals surface area contributed by atoms with Gasteiger partial charge >= 0.3 is 0 Å². The molecule has 0 spiro atoms. The first kappa shape index (κ1) is 12.2. The SMILES string of the molecule is CCNc1nc(-c2occc2C)nc2sc(C)cc12. The summed E-state index contributed by atoms with van der Waals surface area (Å²) in [4.78, 5) is 11.4. The molecule has 0 atom stereocenters. The Kier molecular flexibility index (Phi) is 2.98. The van der Waals surface area contributed by atoms with E-state index in [2.05, 4.69) is 35.2 Å². The van der Waals surface area contributed by atoms with E-state index in [0.717, 1.165) is 33.9 Å². The maximum Gasteiger partial charge on any atom is 0.199 e. The lowest BCUT2D eigenvalue weighted by atomic mass is 10.2. The van der Waals surface area contributed by atoms with Crippen LogP contribution >= 0.6 is 11.3 Å². The molecule has 0 amide bonds. The van der Waals surface area contributed by atoms with E-state index in [-0.39, 0.29) is 0 Å². The molecule has 19 heavy (non-hydrogen) atoms. The standard InChI is InChI=1S/C14H15N3OS/c1-4-15-12-10-7-9(3)19-14(10)17-13(16-12)11-8(2)5-6-18-11/h5-7H,4H2,1-3H3,(H,15,16,17). The monoisotopic (exact) mass is 273 g/mol. The van der Waals surface area contributed by atoms with Crippen LogP contribution in [0.3, 0.4) is 0 Å². The molecule has 0 saturated carbocycles. The van der Waals surface area contributed by atoms with Crippen molar-refractivity contribution in [3.8, 4) is 11.6 Å². The Labute approximate surface area is 115 Å². The predicted molar refractivity (Wildman–Crippen MR) is 78.8 cm³/mol. The van der Waals surface area contributed by atoms with Gasteiger partial charge in [0.25, 0.3) is 0 Å². The van der Waals surface area contributed by atoms with Crippen LogP contribution in [-0.4, -0.2) is 16.5 Å². The minimum Gasteiger partial charge on any atom is -0.461 e. The van der Waals surface area contributed by atoms with Gasteiger partial charge in [0.15, 0.2) is 11.6 Å². The lowest BCUT2D eigenvalue weighted by Gasteiger charge is -2.06. The van der Waals surface area contributed by atoms with E-state index < -0.39 is 0 Å². The van der Waals surface area contributed by atoms with Gasteiger partial charge < -0.3 is 9.73 Å². The molecule has 1 N–H and O–H groups in total. The summed E-state index contributed by atoms with van der Waals surface area (Å²) in [7, 11) is 0. The van der Waals surface area contributed by atoms with Gasteiger partial charge in [0, 0.05) is 11.4 Å². The number of anilines is 1. The molecule has 0 unspecified atom stereocenters. The van der Waals surface area contributed by atoms with Crippen LogP contribution in [-0.2, 0) is 0 Å². The highest BCUT2D eigenvalue weighted by atomic mass is 32.1.